The summed E-state index contributed by atoms with van der Waals surface area (Å²) in [5, 5.41) is 0. The zero-order valence-electron chi connectivity index (χ0n) is 14.6. The Bertz CT molecular complexity index is 673. The number of nitrogens with zero attached hydrogens (tertiary/aromatic N) is 2. The van der Waals surface area contributed by atoms with E-state index in [-0.39, 0.29) is 18.4 Å². The van der Waals surface area contributed by atoms with Gasteiger partial charge >= 0.3 is 5.97 Å². The fraction of sp³-hybridized carbons (Fsp3) is 0.526. The molecule has 2 amide bonds. The van der Waals surface area contributed by atoms with Gasteiger partial charge in [-0.15, -0.1) is 0 Å². The minimum atomic E-state index is -0.535. The summed E-state index contributed by atoms with van der Waals surface area (Å²) in [6.07, 6.45) is 3.49. The molecule has 0 aliphatic carbocycles. The van der Waals surface area contributed by atoms with E-state index in [0.29, 0.717) is 30.1 Å². The number of carbonyl (C=O) groups is 3. The Morgan fingerprint density at radius 3 is 2.80 bits per heavy atom. The SMILES string of the molecule is C[C@@H]1CCCN(C(=O)COC(=O)c2cccc(N3CCCC3=O)c2)C1. The monoisotopic (exact) mass is 344 g/mol. The molecule has 25 heavy (non-hydrogen) atoms. The predicted molar refractivity (Wildman–Crippen MR) is 93.3 cm³/mol. The molecule has 2 heterocycles. The first-order valence-corrected chi connectivity index (χ1v) is 8.90. The highest BCUT2D eigenvalue weighted by Gasteiger charge is 2.24. The largest absolute Gasteiger partial charge is 0.452 e. The average molecular weight is 344 g/mol. The molecular formula is C19H24N2O4. The maximum absolute atomic E-state index is 12.2. The Kier molecular flexibility index (Phi) is 5.36. The number of esters is 1. The summed E-state index contributed by atoms with van der Waals surface area (Å²) >= 11 is 0. The van der Waals surface area contributed by atoms with E-state index < -0.39 is 5.97 Å². The highest BCUT2D eigenvalue weighted by molar-refractivity contribution is 5.97. The highest BCUT2D eigenvalue weighted by Crippen LogP contribution is 2.22. The Balaban J connectivity index is 1.58. The van der Waals surface area contributed by atoms with Crippen LogP contribution in [-0.2, 0) is 14.3 Å². The lowest BCUT2D eigenvalue weighted by atomic mass is 10.0. The zero-order valence-corrected chi connectivity index (χ0v) is 14.6. The Hall–Kier alpha value is -2.37. The number of benzene rings is 1. The molecule has 0 aromatic heterocycles. The fourth-order valence-corrected chi connectivity index (χ4v) is 3.44. The van der Waals surface area contributed by atoms with Crippen LogP contribution in [0.4, 0.5) is 5.69 Å². The second kappa shape index (κ2) is 7.68. The van der Waals surface area contributed by atoms with Gasteiger partial charge in [0.2, 0.25) is 5.91 Å². The number of anilines is 1. The van der Waals surface area contributed by atoms with E-state index in [4.69, 9.17) is 4.74 Å². The number of likely N-dealkylation sites (tertiary alicyclic amines) is 1. The number of ether oxygens (including phenoxy) is 1. The molecule has 2 aliphatic rings. The lowest BCUT2D eigenvalue weighted by Crippen LogP contribution is -2.41. The van der Waals surface area contributed by atoms with E-state index in [1.54, 1.807) is 34.1 Å². The molecule has 1 aromatic rings. The van der Waals surface area contributed by atoms with Crippen molar-refractivity contribution in [2.24, 2.45) is 5.92 Å². The van der Waals surface area contributed by atoms with Crippen LogP contribution in [-0.4, -0.2) is 48.9 Å². The van der Waals surface area contributed by atoms with Crippen LogP contribution in [0.25, 0.3) is 0 Å². The van der Waals surface area contributed by atoms with Gasteiger partial charge in [-0.3, -0.25) is 9.59 Å². The summed E-state index contributed by atoms with van der Waals surface area (Å²) < 4.78 is 5.19. The van der Waals surface area contributed by atoms with Gasteiger partial charge in [0.1, 0.15) is 0 Å². The van der Waals surface area contributed by atoms with Gasteiger partial charge in [-0.1, -0.05) is 13.0 Å². The van der Waals surface area contributed by atoms with E-state index in [1.807, 2.05) is 0 Å². The van der Waals surface area contributed by atoms with Gasteiger partial charge < -0.3 is 14.5 Å². The minimum Gasteiger partial charge on any atom is -0.452 e. The van der Waals surface area contributed by atoms with Crippen LogP contribution in [0.5, 0.6) is 0 Å². The summed E-state index contributed by atoms with van der Waals surface area (Å²) in [6.45, 7) is 4.01. The van der Waals surface area contributed by atoms with Crippen molar-refractivity contribution in [3.8, 4) is 0 Å². The summed E-state index contributed by atoms with van der Waals surface area (Å²) in [5.41, 5.74) is 1.06. The number of amides is 2. The molecule has 6 heteroatoms. The lowest BCUT2D eigenvalue weighted by molar-refractivity contribution is -0.136. The minimum absolute atomic E-state index is 0.0694. The fourth-order valence-electron chi connectivity index (χ4n) is 3.44. The van der Waals surface area contributed by atoms with Gasteiger partial charge in [-0.25, -0.2) is 4.79 Å². The Labute approximate surface area is 147 Å². The van der Waals surface area contributed by atoms with Crippen molar-refractivity contribution in [2.45, 2.75) is 32.6 Å². The van der Waals surface area contributed by atoms with Crippen molar-refractivity contribution >= 4 is 23.5 Å². The second-order valence-electron chi connectivity index (χ2n) is 6.86. The summed E-state index contributed by atoms with van der Waals surface area (Å²) in [7, 11) is 0. The molecule has 2 saturated heterocycles. The van der Waals surface area contributed by atoms with Gasteiger partial charge in [-0.2, -0.15) is 0 Å². The van der Waals surface area contributed by atoms with Gasteiger partial charge in [0, 0.05) is 31.7 Å². The van der Waals surface area contributed by atoms with Crippen molar-refractivity contribution in [1.82, 2.24) is 4.90 Å². The van der Waals surface area contributed by atoms with Crippen LogP contribution in [0.3, 0.4) is 0 Å². The zero-order chi connectivity index (χ0) is 17.8. The molecule has 6 nitrogen and oxygen atoms in total. The molecule has 2 fully saturated rings. The Morgan fingerprint density at radius 1 is 1.24 bits per heavy atom. The molecule has 1 aromatic carbocycles. The maximum atomic E-state index is 12.2. The van der Waals surface area contributed by atoms with E-state index in [2.05, 4.69) is 6.92 Å². The second-order valence-corrected chi connectivity index (χ2v) is 6.86. The van der Waals surface area contributed by atoms with Crippen LogP contribution >= 0.6 is 0 Å². The van der Waals surface area contributed by atoms with Crippen LogP contribution in [0, 0.1) is 5.92 Å². The first kappa shape index (κ1) is 17.5. The number of carbonyl (C=O) groups excluding carboxylic acids is 3. The number of piperidine rings is 1. The third kappa shape index (κ3) is 4.18. The van der Waals surface area contributed by atoms with E-state index in [9.17, 15) is 14.4 Å². The van der Waals surface area contributed by atoms with Gasteiger partial charge in [0.05, 0.1) is 5.56 Å². The summed E-state index contributed by atoms with van der Waals surface area (Å²) in [5.74, 6) is -0.124. The molecule has 0 saturated carbocycles. The maximum Gasteiger partial charge on any atom is 0.338 e. The molecule has 134 valence electrons. The van der Waals surface area contributed by atoms with Crippen molar-refractivity contribution in [3.05, 3.63) is 29.8 Å². The predicted octanol–water partition coefficient (Wildman–Crippen LogP) is 2.23. The number of rotatable bonds is 4. The summed E-state index contributed by atoms with van der Waals surface area (Å²) in [4.78, 5) is 39.7. The molecule has 1 atom stereocenters. The van der Waals surface area contributed by atoms with Gasteiger partial charge in [-0.05, 0) is 43.4 Å². The lowest BCUT2D eigenvalue weighted by Gasteiger charge is -2.30. The Morgan fingerprint density at radius 2 is 2.08 bits per heavy atom. The topological polar surface area (TPSA) is 66.9 Å². The van der Waals surface area contributed by atoms with Crippen molar-refractivity contribution in [2.75, 3.05) is 31.1 Å². The normalized spacial score (nSPS) is 20.7. The summed E-state index contributed by atoms with van der Waals surface area (Å²) in [6, 6.07) is 6.82. The van der Waals surface area contributed by atoms with Crippen molar-refractivity contribution in [1.29, 1.82) is 0 Å². The van der Waals surface area contributed by atoms with Crippen LogP contribution in [0.15, 0.2) is 24.3 Å². The van der Waals surface area contributed by atoms with Crippen LogP contribution in [0.2, 0.25) is 0 Å². The molecule has 0 radical (unpaired) electrons. The van der Waals surface area contributed by atoms with E-state index in [1.165, 1.54) is 0 Å². The first-order valence-electron chi connectivity index (χ1n) is 8.90. The van der Waals surface area contributed by atoms with Gasteiger partial charge in [0.15, 0.2) is 6.61 Å². The molecule has 3 rings (SSSR count). The van der Waals surface area contributed by atoms with Crippen molar-refractivity contribution < 1.29 is 19.1 Å². The standard InChI is InChI=1S/C19H24N2O4/c1-14-5-3-9-20(12-14)18(23)13-25-19(24)15-6-2-7-16(11-15)21-10-4-8-17(21)22/h2,6-7,11,14H,3-5,8-10,12-13H2,1H3/t14-/m1/s1. The first-order chi connectivity index (χ1) is 12.0. The number of hydrogen-bond acceptors (Lipinski definition) is 4. The van der Waals surface area contributed by atoms with Crippen molar-refractivity contribution in [3.63, 3.8) is 0 Å². The van der Waals surface area contributed by atoms with Crippen LogP contribution < -0.4 is 4.90 Å². The molecular weight excluding hydrogens is 320 g/mol. The molecule has 0 unspecified atom stereocenters. The van der Waals surface area contributed by atoms with Crippen LogP contribution in [0.1, 0.15) is 43.0 Å². The number of hydrogen-bond donors (Lipinski definition) is 0. The quantitative estimate of drug-likeness (QED) is 0.786. The molecule has 0 N–H and O–H groups in total. The molecule has 2 aliphatic heterocycles. The third-order valence-corrected chi connectivity index (χ3v) is 4.80. The molecule has 0 bridgehead atoms. The van der Waals surface area contributed by atoms with Gasteiger partial charge in [0.25, 0.3) is 5.91 Å². The smallest absolute Gasteiger partial charge is 0.338 e. The van der Waals surface area contributed by atoms with E-state index in [0.717, 1.165) is 32.4 Å². The average Bonchev–Trinajstić information content (AvgIpc) is 3.05. The molecule has 0 spiro atoms. The highest BCUT2D eigenvalue weighted by atomic mass is 16.5. The third-order valence-electron chi connectivity index (χ3n) is 4.80. The van der Waals surface area contributed by atoms with E-state index >= 15 is 0 Å².